The van der Waals surface area contributed by atoms with Gasteiger partial charge in [-0.25, -0.2) is 5.43 Å². The van der Waals surface area contributed by atoms with E-state index in [1.54, 1.807) is 10.8 Å². The maximum absolute atomic E-state index is 11.8. The van der Waals surface area contributed by atoms with Gasteiger partial charge in [-0.15, -0.1) is 0 Å². The largest absolute Gasteiger partial charge is 0.305 e. The van der Waals surface area contributed by atoms with Crippen LogP contribution in [0.3, 0.4) is 0 Å². The van der Waals surface area contributed by atoms with E-state index in [0.717, 1.165) is 11.1 Å². The molecule has 0 atom stereocenters. The lowest BCUT2D eigenvalue weighted by molar-refractivity contribution is -0.684. The second-order valence-electron chi connectivity index (χ2n) is 5.33. The first-order valence-electron chi connectivity index (χ1n) is 7.73. The van der Waals surface area contributed by atoms with Crippen molar-refractivity contribution < 1.29 is 9.36 Å². The molecule has 0 unspecified atom stereocenters. The molecule has 0 spiro atoms. The number of nitrogens with one attached hydrogen (secondary N) is 1. The van der Waals surface area contributed by atoms with Crippen molar-refractivity contribution in [2.24, 2.45) is 5.10 Å². The van der Waals surface area contributed by atoms with Gasteiger partial charge in [0.2, 0.25) is 6.54 Å². The van der Waals surface area contributed by atoms with Crippen LogP contribution in [-0.4, -0.2) is 12.1 Å². The average Bonchev–Trinajstić information content (AvgIpc) is 2.64. The van der Waals surface area contributed by atoms with Crippen LogP contribution < -0.4 is 9.99 Å². The molecular weight excluding hydrogens is 298 g/mol. The van der Waals surface area contributed by atoms with Gasteiger partial charge in [0.25, 0.3) is 0 Å². The van der Waals surface area contributed by atoms with Crippen LogP contribution in [0.25, 0.3) is 11.1 Å². The van der Waals surface area contributed by atoms with Crippen LogP contribution in [0.4, 0.5) is 0 Å². The van der Waals surface area contributed by atoms with Crippen molar-refractivity contribution in [1.82, 2.24) is 5.43 Å². The smallest absolute Gasteiger partial charge is 0.266 e. The maximum atomic E-state index is 11.8. The number of benzene rings is 2. The lowest BCUT2D eigenvalue weighted by atomic mass is 10.0. The molecule has 3 rings (SSSR count). The number of hydrazone groups is 1. The fourth-order valence-electron chi connectivity index (χ4n) is 2.31. The Balaban J connectivity index is 1.56. The molecule has 0 fully saturated rings. The molecule has 0 saturated carbocycles. The first-order valence-corrected chi connectivity index (χ1v) is 7.73. The minimum Gasteiger partial charge on any atom is -0.266 e. The second-order valence-corrected chi connectivity index (χ2v) is 5.33. The van der Waals surface area contributed by atoms with Crippen LogP contribution >= 0.6 is 0 Å². The summed E-state index contributed by atoms with van der Waals surface area (Å²) in [6, 6.07) is 23.9. The van der Waals surface area contributed by atoms with Crippen molar-refractivity contribution in [2.75, 3.05) is 0 Å². The van der Waals surface area contributed by atoms with Gasteiger partial charge in [-0.3, -0.25) is 4.79 Å². The highest BCUT2D eigenvalue weighted by Gasteiger charge is 2.06. The SMILES string of the molecule is O=C(C[n+]1ccccc1)N/N=C/c1ccc(-c2ccccc2)cc1. The Kier molecular flexibility index (Phi) is 5.10. The molecule has 2 aromatic carbocycles. The Morgan fingerprint density at radius 2 is 1.50 bits per heavy atom. The molecule has 0 radical (unpaired) electrons. The Labute approximate surface area is 141 Å². The third kappa shape index (κ3) is 4.36. The molecule has 118 valence electrons. The van der Waals surface area contributed by atoms with Crippen molar-refractivity contribution in [2.45, 2.75) is 6.54 Å². The first-order chi connectivity index (χ1) is 11.8. The molecule has 4 heteroatoms. The number of carbonyl (C=O) groups is 1. The highest BCUT2D eigenvalue weighted by Crippen LogP contribution is 2.18. The van der Waals surface area contributed by atoms with Gasteiger partial charge in [0.05, 0.1) is 6.21 Å². The maximum Gasteiger partial charge on any atom is 0.305 e. The second kappa shape index (κ2) is 7.83. The quantitative estimate of drug-likeness (QED) is 0.439. The van der Waals surface area contributed by atoms with E-state index in [9.17, 15) is 4.79 Å². The van der Waals surface area contributed by atoms with E-state index in [2.05, 4.69) is 22.7 Å². The van der Waals surface area contributed by atoms with Gasteiger partial charge < -0.3 is 0 Å². The molecule has 3 aromatic rings. The molecule has 0 aliphatic heterocycles. The van der Waals surface area contributed by atoms with Crippen molar-refractivity contribution in [3.63, 3.8) is 0 Å². The molecule has 1 aromatic heterocycles. The van der Waals surface area contributed by atoms with Crippen LogP contribution in [0.5, 0.6) is 0 Å². The summed E-state index contributed by atoms with van der Waals surface area (Å²) < 4.78 is 1.79. The van der Waals surface area contributed by atoms with Crippen LogP contribution in [0.1, 0.15) is 5.56 Å². The third-order valence-electron chi connectivity index (χ3n) is 3.52. The van der Waals surface area contributed by atoms with Gasteiger partial charge in [-0.1, -0.05) is 60.7 Å². The molecule has 4 nitrogen and oxygen atoms in total. The lowest BCUT2D eigenvalue weighted by Crippen LogP contribution is -2.40. The van der Waals surface area contributed by atoms with E-state index in [-0.39, 0.29) is 12.5 Å². The van der Waals surface area contributed by atoms with E-state index in [0.29, 0.717) is 0 Å². The predicted molar refractivity (Wildman–Crippen MR) is 94.3 cm³/mol. The number of aromatic nitrogens is 1. The third-order valence-corrected chi connectivity index (χ3v) is 3.52. The zero-order valence-corrected chi connectivity index (χ0v) is 13.2. The van der Waals surface area contributed by atoms with Crippen LogP contribution in [0.2, 0.25) is 0 Å². The van der Waals surface area contributed by atoms with Gasteiger partial charge in [-0.2, -0.15) is 9.67 Å². The molecule has 0 aliphatic carbocycles. The number of hydrogen-bond donors (Lipinski definition) is 1. The fourth-order valence-corrected chi connectivity index (χ4v) is 2.31. The van der Waals surface area contributed by atoms with Gasteiger partial charge in [-0.05, 0) is 16.7 Å². The molecule has 0 saturated heterocycles. The standard InChI is InChI=1S/C20H17N3O/c24-20(16-23-13-5-2-6-14-23)22-21-15-17-9-11-19(12-10-17)18-7-3-1-4-8-18/h1-15H,16H2/p+1/b21-15+. The molecule has 0 aliphatic rings. The lowest BCUT2D eigenvalue weighted by Gasteiger charge is -2.01. The summed E-state index contributed by atoms with van der Waals surface area (Å²) >= 11 is 0. The minimum atomic E-state index is -0.164. The highest BCUT2D eigenvalue weighted by atomic mass is 16.2. The van der Waals surface area contributed by atoms with Crippen LogP contribution in [0.15, 0.2) is 90.3 Å². The molecule has 1 amide bonds. The van der Waals surface area contributed by atoms with Crippen molar-refractivity contribution in [3.8, 4) is 11.1 Å². The summed E-state index contributed by atoms with van der Waals surface area (Å²) in [4.78, 5) is 11.8. The summed E-state index contributed by atoms with van der Waals surface area (Å²) in [5.74, 6) is -0.164. The normalized spacial score (nSPS) is 10.7. The molecular formula is C20H18N3O+. The predicted octanol–water partition coefficient (Wildman–Crippen LogP) is 2.79. The molecule has 1 heterocycles. The zero-order chi connectivity index (χ0) is 16.6. The number of pyridine rings is 1. The molecule has 24 heavy (non-hydrogen) atoms. The van der Waals surface area contributed by atoms with E-state index < -0.39 is 0 Å². The van der Waals surface area contributed by atoms with Crippen LogP contribution in [-0.2, 0) is 11.3 Å². The van der Waals surface area contributed by atoms with E-state index >= 15 is 0 Å². The Morgan fingerprint density at radius 3 is 2.21 bits per heavy atom. The molecule has 1 N–H and O–H groups in total. The summed E-state index contributed by atoms with van der Waals surface area (Å²) in [6.45, 7) is 0.241. The number of nitrogens with zero attached hydrogens (tertiary/aromatic N) is 2. The van der Waals surface area contributed by atoms with E-state index in [1.165, 1.54) is 5.56 Å². The average molecular weight is 316 g/mol. The Hall–Kier alpha value is -3.27. The van der Waals surface area contributed by atoms with Gasteiger partial charge in [0, 0.05) is 12.1 Å². The van der Waals surface area contributed by atoms with Crippen molar-refractivity contribution in [1.29, 1.82) is 0 Å². The van der Waals surface area contributed by atoms with Gasteiger partial charge in [0.15, 0.2) is 12.4 Å². The minimum absolute atomic E-state index is 0.164. The zero-order valence-electron chi connectivity index (χ0n) is 13.2. The van der Waals surface area contributed by atoms with E-state index in [4.69, 9.17) is 0 Å². The first kappa shape index (κ1) is 15.6. The number of carbonyl (C=O) groups excluding carboxylic acids is 1. The summed E-state index contributed by atoms with van der Waals surface area (Å²) in [7, 11) is 0. The van der Waals surface area contributed by atoms with Crippen LogP contribution in [0, 0.1) is 0 Å². The summed E-state index contributed by atoms with van der Waals surface area (Å²) in [6.07, 6.45) is 5.32. The van der Waals surface area contributed by atoms with Gasteiger partial charge >= 0.3 is 5.91 Å². The van der Waals surface area contributed by atoms with Crippen molar-refractivity contribution >= 4 is 12.1 Å². The summed E-state index contributed by atoms with van der Waals surface area (Å²) in [5.41, 5.74) is 5.79. The monoisotopic (exact) mass is 316 g/mol. The van der Waals surface area contributed by atoms with E-state index in [1.807, 2.05) is 73.1 Å². The number of amides is 1. The summed E-state index contributed by atoms with van der Waals surface area (Å²) in [5, 5.41) is 4.00. The molecule has 0 bridgehead atoms. The topological polar surface area (TPSA) is 45.3 Å². The Morgan fingerprint density at radius 1 is 0.875 bits per heavy atom. The number of hydrogen-bond acceptors (Lipinski definition) is 2. The number of rotatable bonds is 5. The highest BCUT2D eigenvalue weighted by molar-refractivity contribution is 5.83. The fraction of sp³-hybridized carbons (Fsp3) is 0.0500. The Bertz CT molecular complexity index is 813. The van der Waals surface area contributed by atoms with Crippen molar-refractivity contribution in [3.05, 3.63) is 90.8 Å². The van der Waals surface area contributed by atoms with Gasteiger partial charge in [0.1, 0.15) is 0 Å².